The second-order valence-corrected chi connectivity index (χ2v) is 21.9. The molecule has 384 valence electrons. The van der Waals surface area contributed by atoms with Gasteiger partial charge in [-0.15, -0.1) is 0 Å². The molecule has 4 nitrogen and oxygen atoms in total. The molecule has 0 saturated heterocycles. The Morgan fingerprint density at radius 3 is 1.15 bits per heavy atom. The molecule has 16 aromatic rings. The Labute approximate surface area is 474 Å². The largest absolute Gasteiger partial charge is 0.309 e. The standard InChI is InChI=1S/C78H52N4/c1-3-28-59(29-4-1)79-71-40-13-9-36-67(71)75-73(79)44-42-66-64-35-8-12-39-70(64)82(78(66)75)62-33-19-27-58(50-62)56-25-17-23-54(48-56)52-21-15-20-51(46-52)53-22-16-24-55(47-53)57-26-18-32-61(49-57)80-72-41-14-10-37-68(72)76-74(80)45-43-65-63-34-7-11-38-69(63)81(77(65)76)60-30-5-2-6-31-60/h1-6,8-33,35-50H,7,34H2. The first-order chi connectivity index (χ1) is 40.7. The molecule has 0 spiro atoms. The van der Waals surface area contributed by atoms with Crippen LogP contribution in [0.5, 0.6) is 0 Å². The number of hydrogen-bond acceptors (Lipinski definition) is 0. The maximum absolute atomic E-state index is 2.50. The molecular formula is C78H52N4. The quantitative estimate of drug-likeness (QED) is 0.145. The van der Waals surface area contributed by atoms with E-state index in [0.717, 1.165) is 29.9 Å². The fourth-order valence-electron chi connectivity index (χ4n) is 13.8. The van der Waals surface area contributed by atoms with E-state index in [1.165, 1.54) is 138 Å². The second kappa shape index (κ2) is 18.5. The number of aryl methyl sites for hydroxylation is 1. The van der Waals surface area contributed by atoms with Crippen LogP contribution in [0.15, 0.2) is 285 Å². The first kappa shape index (κ1) is 46.3. The van der Waals surface area contributed by atoms with Gasteiger partial charge in [-0.2, -0.15) is 0 Å². The van der Waals surface area contributed by atoms with Crippen molar-refractivity contribution in [1.82, 2.24) is 18.3 Å². The average molecular weight is 1050 g/mol. The fraction of sp³-hybridized carbons (Fsp3) is 0.0256. The van der Waals surface area contributed by atoms with Gasteiger partial charge < -0.3 is 18.3 Å². The molecule has 0 atom stereocenters. The van der Waals surface area contributed by atoms with Crippen molar-refractivity contribution in [3.63, 3.8) is 0 Å². The number of para-hydroxylation sites is 5. The normalized spacial score (nSPS) is 12.5. The van der Waals surface area contributed by atoms with E-state index in [2.05, 4.69) is 309 Å². The van der Waals surface area contributed by atoms with Gasteiger partial charge >= 0.3 is 0 Å². The van der Waals surface area contributed by atoms with Crippen LogP contribution >= 0.6 is 0 Å². The van der Waals surface area contributed by atoms with Gasteiger partial charge in [-0.1, -0.05) is 188 Å². The lowest BCUT2D eigenvalue weighted by molar-refractivity contribution is 0.968. The molecule has 0 aliphatic heterocycles. The summed E-state index contributed by atoms with van der Waals surface area (Å²) in [6, 6.07) is 103. The molecule has 0 amide bonds. The Morgan fingerprint density at radius 1 is 0.244 bits per heavy atom. The van der Waals surface area contributed by atoms with Crippen LogP contribution in [0.2, 0.25) is 0 Å². The van der Waals surface area contributed by atoms with E-state index in [9.17, 15) is 0 Å². The Morgan fingerprint density at radius 2 is 0.622 bits per heavy atom. The van der Waals surface area contributed by atoms with Gasteiger partial charge in [0.15, 0.2) is 0 Å². The molecule has 12 aromatic carbocycles. The number of nitrogens with zero attached hydrogens (tertiary/aromatic N) is 4. The number of benzene rings is 12. The molecule has 0 radical (unpaired) electrons. The first-order valence-electron chi connectivity index (χ1n) is 28.5. The number of aromatic nitrogens is 4. The maximum Gasteiger partial charge on any atom is 0.0641 e. The van der Waals surface area contributed by atoms with Gasteiger partial charge in [0.1, 0.15) is 0 Å². The highest BCUT2D eigenvalue weighted by molar-refractivity contribution is 6.26. The van der Waals surface area contributed by atoms with Gasteiger partial charge in [-0.25, -0.2) is 0 Å². The average Bonchev–Trinajstić information content (AvgIpc) is 4.20. The highest BCUT2D eigenvalue weighted by Gasteiger charge is 2.25. The van der Waals surface area contributed by atoms with Crippen molar-refractivity contribution in [2.45, 2.75) is 12.8 Å². The molecule has 0 N–H and O–H groups in total. The molecule has 0 bridgehead atoms. The monoisotopic (exact) mass is 1040 g/mol. The summed E-state index contributed by atoms with van der Waals surface area (Å²) in [6.07, 6.45) is 6.76. The van der Waals surface area contributed by atoms with Gasteiger partial charge in [-0.05, 0) is 166 Å². The number of fused-ring (bicyclic) bond motifs is 14. The molecule has 1 aliphatic carbocycles. The Bertz CT molecular complexity index is 5270. The Kier molecular flexibility index (Phi) is 10.4. The summed E-state index contributed by atoms with van der Waals surface area (Å²) in [4.78, 5) is 0. The molecule has 82 heavy (non-hydrogen) atoms. The predicted molar refractivity (Wildman–Crippen MR) is 345 cm³/mol. The molecule has 4 aromatic heterocycles. The lowest BCUT2D eigenvalue weighted by atomic mass is 9.94. The highest BCUT2D eigenvalue weighted by Crippen LogP contribution is 2.45. The molecule has 0 fully saturated rings. The third-order valence-corrected chi connectivity index (χ3v) is 17.4. The van der Waals surface area contributed by atoms with Gasteiger partial charge in [0.05, 0.1) is 38.6 Å². The first-order valence-corrected chi connectivity index (χ1v) is 28.5. The maximum atomic E-state index is 2.50. The third kappa shape index (κ3) is 7.11. The van der Waals surface area contributed by atoms with Crippen LogP contribution in [0.4, 0.5) is 0 Å². The van der Waals surface area contributed by atoms with E-state index < -0.39 is 0 Å². The zero-order valence-corrected chi connectivity index (χ0v) is 44.9. The highest BCUT2D eigenvalue weighted by atomic mass is 15.0. The van der Waals surface area contributed by atoms with E-state index >= 15 is 0 Å². The molecule has 0 unspecified atom stereocenters. The lowest BCUT2D eigenvalue weighted by Crippen LogP contribution is -2.00. The molecule has 4 heteroatoms. The summed E-state index contributed by atoms with van der Waals surface area (Å²) >= 11 is 0. The van der Waals surface area contributed by atoms with Crippen molar-refractivity contribution >= 4 is 82.4 Å². The topological polar surface area (TPSA) is 19.7 Å². The lowest BCUT2D eigenvalue weighted by Gasteiger charge is -2.13. The fourth-order valence-corrected chi connectivity index (χ4v) is 13.8. The summed E-state index contributed by atoms with van der Waals surface area (Å²) in [5.74, 6) is 0. The minimum Gasteiger partial charge on any atom is -0.309 e. The van der Waals surface area contributed by atoms with Crippen molar-refractivity contribution < 1.29 is 0 Å². The summed E-state index contributed by atoms with van der Waals surface area (Å²) in [6.45, 7) is 0. The van der Waals surface area contributed by atoms with E-state index in [4.69, 9.17) is 0 Å². The number of hydrogen-bond donors (Lipinski definition) is 0. The smallest absolute Gasteiger partial charge is 0.0641 e. The van der Waals surface area contributed by atoms with E-state index in [1.54, 1.807) is 0 Å². The van der Waals surface area contributed by atoms with Crippen LogP contribution in [0.1, 0.15) is 17.7 Å². The van der Waals surface area contributed by atoms with Crippen molar-refractivity contribution in [2.75, 3.05) is 0 Å². The minimum absolute atomic E-state index is 1.04. The van der Waals surface area contributed by atoms with Crippen molar-refractivity contribution in [3.05, 3.63) is 296 Å². The molecule has 1 aliphatic rings. The summed E-state index contributed by atoms with van der Waals surface area (Å²) in [5, 5.41) is 8.88. The van der Waals surface area contributed by atoms with Gasteiger partial charge in [0.2, 0.25) is 0 Å². The summed E-state index contributed by atoms with van der Waals surface area (Å²) < 4.78 is 9.88. The van der Waals surface area contributed by atoms with E-state index in [-0.39, 0.29) is 0 Å². The van der Waals surface area contributed by atoms with Crippen LogP contribution < -0.4 is 0 Å². The van der Waals surface area contributed by atoms with Gasteiger partial charge in [0, 0.05) is 66.1 Å². The van der Waals surface area contributed by atoms with Crippen LogP contribution in [0.25, 0.3) is 150 Å². The van der Waals surface area contributed by atoms with Crippen LogP contribution in [-0.4, -0.2) is 18.3 Å². The molecule has 4 heterocycles. The number of rotatable bonds is 8. The Balaban J connectivity index is 0.729. The SMILES string of the molecule is C1=Cc2c(c3ccc4c(c5ccccc5n4-c4cccc(-c5cccc(-c6cccc(-c7cccc(-c8cccc(-n9c%10ccccc%10c%10ccc%11c(c%12ccccc%12n%11-c%11ccccc%11)c%109)c8)c7)c6)c5)c4)c3n2-c2ccccc2)CC1. The second-order valence-electron chi connectivity index (χ2n) is 21.9. The zero-order chi connectivity index (χ0) is 53.8. The predicted octanol–water partition coefficient (Wildman–Crippen LogP) is 20.5. The van der Waals surface area contributed by atoms with Crippen molar-refractivity contribution in [1.29, 1.82) is 0 Å². The number of allylic oxidation sites excluding steroid dienone is 1. The van der Waals surface area contributed by atoms with Gasteiger partial charge in [-0.3, -0.25) is 0 Å². The van der Waals surface area contributed by atoms with Crippen LogP contribution in [0, 0.1) is 0 Å². The summed E-state index contributed by atoms with van der Waals surface area (Å²) in [7, 11) is 0. The van der Waals surface area contributed by atoms with Crippen LogP contribution in [-0.2, 0) is 6.42 Å². The Hall–Kier alpha value is -10.7. The van der Waals surface area contributed by atoms with E-state index in [0.29, 0.717) is 0 Å². The molecular weight excluding hydrogens is 993 g/mol. The molecule has 0 saturated carbocycles. The minimum atomic E-state index is 1.04. The summed E-state index contributed by atoms with van der Waals surface area (Å²) in [5.41, 5.74) is 25.3. The third-order valence-electron chi connectivity index (χ3n) is 17.4. The molecule has 17 rings (SSSR count). The van der Waals surface area contributed by atoms with Gasteiger partial charge in [0.25, 0.3) is 0 Å². The zero-order valence-electron chi connectivity index (χ0n) is 44.9. The van der Waals surface area contributed by atoms with E-state index in [1.807, 2.05) is 0 Å². The van der Waals surface area contributed by atoms with Crippen LogP contribution in [0.3, 0.4) is 0 Å². The van der Waals surface area contributed by atoms with Crippen molar-refractivity contribution in [3.8, 4) is 67.3 Å². The van der Waals surface area contributed by atoms with Crippen molar-refractivity contribution in [2.24, 2.45) is 0 Å².